The summed E-state index contributed by atoms with van der Waals surface area (Å²) in [7, 11) is 1.50. The molecule has 4 amide bonds. The molecule has 0 unspecified atom stereocenters. The van der Waals surface area contributed by atoms with Crippen LogP contribution in [0.1, 0.15) is 18.7 Å². The molecule has 0 saturated heterocycles. The summed E-state index contributed by atoms with van der Waals surface area (Å²) in [5, 5.41) is 7.38. The van der Waals surface area contributed by atoms with Gasteiger partial charge in [0.25, 0.3) is 5.91 Å². The summed E-state index contributed by atoms with van der Waals surface area (Å²) in [6.07, 6.45) is 1.69. The van der Waals surface area contributed by atoms with Gasteiger partial charge in [0.15, 0.2) is 5.17 Å². The number of thiophene rings is 1. The van der Waals surface area contributed by atoms with Gasteiger partial charge in [0, 0.05) is 10.9 Å². The second-order valence-electron chi connectivity index (χ2n) is 6.86. The summed E-state index contributed by atoms with van der Waals surface area (Å²) in [4.78, 5) is 43.8. The molecule has 0 atom stereocenters. The molecule has 0 bridgehead atoms. The van der Waals surface area contributed by atoms with Crippen LogP contribution in [-0.2, 0) is 9.59 Å². The molecule has 0 saturated carbocycles. The van der Waals surface area contributed by atoms with Gasteiger partial charge < -0.3 is 10.1 Å². The van der Waals surface area contributed by atoms with Gasteiger partial charge >= 0.3 is 6.03 Å². The number of nitrogens with zero attached hydrogens (tertiary/aromatic N) is 2. The number of amidine groups is 1. The number of ether oxygens (including phenoxy) is 1. The molecule has 1 aliphatic heterocycles. The molecule has 0 fully saturated rings. The highest BCUT2D eigenvalue weighted by molar-refractivity contribution is 8.14. The second-order valence-corrected chi connectivity index (χ2v) is 9.19. The van der Waals surface area contributed by atoms with Crippen molar-refractivity contribution in [2.45, 2.75) is 19.9 Å². The molecule has 1 aliphatic rings. The Morgan fingerprint density at radius 3 is 2.75 bits per heavy atom. The molecule has 2 aromatic rings. The van der Waals surface area contributed by atoms with Crippen LogP contribution in [0.4, 0.5) is 10.5 Å². The van der Waals surface area contributed by atoms with E-state index in [1.54, 1.807) is 38.1 Å². The first kappa shape index (κ1) is 23.8. The van der Waals surface area contributed by atoms with E-state index in [0.29, 0.717) is 21.6 Å². The van der Waals surface area contributed by atoms with E-state index in [4.69, 9.17) is 16.3 Å². The molecule has 1 aromatic heterocycles. The van der Waals surface area contributed by atoms with Crippen LogP contribution < -0.4 is 20.3 Å². The highest BCUT2D eigenvalue weighted by Gasteiger charge is 2.33. The minimum atomic E-state index is -0.577. The lowest BCUT2D eigenvalue weighted by Gasteiger charge is -2.18. The van der Waals surface area contributed by atoms with Crippen LogP contribution in [0.2, 0.25) is 5.02 Å². The Labute approximate surface area is 198 Å². The van der Waals surface area contributed by atoms with E-state index in [0.717, 1.165) is 16.6 Å². The minimum Gasteiger partial charge on any atom is -0.495 e. The first-order valence-corrected chi connectivity index (χ1v) is 11.8. The number of anilines is 1. The topological polar surface area (TPSA) is 100 Å². The zero-order valence-electron chi connectivity index (χ0n) is 17.5. The summed E-state index contributed by atoms with van der Waals surface area (Å²) in [5.74, 6) is -0.491. The van der Waals surface area contributed by atoms with Crippen molar-refractivity contribution in [1.82, 2.24) is 10.6 Å². The van der Waals surface area contributed by atoms with E-state index in [1.807, 2.05) is 17.5 Å². The monoisotopic (exact) mass is 492 g/mol. The van der Waals surface area contributed by atoms with Crippen molar-refractivity contribution >= 4 is 69.5 Å². The van der Waals surface area contributed by atoms with E-state index in [-0.39, 0.29) is 23.4 Å². The predicted octanol–water partition coefficient (Wildman–Crippen LogP) is 4.12. The molecule has 32 heavy (non-hydrogen) atoms. The molecule has 1 aromatic carbocycles. The van der Waals surface area contributed by atoms with E-state index >= 15 is 0 Å². The molecule has 11 heteroatoms. The van der Waals surface area contributed by atoms with Crippen LogP contribution in [0.25, 0.3) is 6.08 Å². The summed E-state index contributed by atoms with van der Waals surface area (Å²) in [6, 6.07) is 8.00. The molecule has 2 heterocycles. The van der Waals surface area contributed by atoms with Crippen LogP contribution in [0, 0.1) is 0 Å². The Morgan fingerprint density at radius 2 is 2.12 bits per heavy atom. The third-order valence-corrected chi connectivity index (χ3v) is 6.10. The number of aliphatic imine (C=N–C) groups is 1. The lowest BCUT2D eigenvalue weighted by molar-refractivity contribution is -0.117. The fourth-order valence-corrected chi connectivity index (χ4v) is 4.43. The first-order chi connectivity index (χ1) is 15.3. The van der Waals surface area contributed by atoms with Gasteiger partial charge in [-0.3, -0.25) is 19.8 Å². The van der Waals surface area contributed by atoms with Crippen molar-refractivity contribution in [3.63, 3.8) is 0 Å². The third-order valence-electron chi connectivity index (χ3n) is 4.05. The standard InChI is InChI=1S/C21H21ClN4O4S2/c1-12(2)23-20(29)25-18(27)11-32-21-24-16(10-14-5-4-8-31-14)19(28)26(21)13-6-7-17(30-3)15(22)9-13/h4-10,12H,11H2,1-3H3,(H2,23,25,27,29)/b16-10+. The number of halogens is 1. The highest BCUT2D eigenvalue weighted by atomic mass is 35.5. The number of nitrogens with one attached hydrogen (secondary N) is 2. The van der Waals surface area contributed by atoms with E-state index in [9.17, 15) is 14.4 Å². The summed E-state index contributed by atoms with van der Waals surface area (Å²) in [5.41, 5.74) is 0.722. The summed E-state index contributed by atoms with van der Waals surface area (Å²) < 4.78 is 5.18. The number of hydrogen-bond donors (Lipinski definition) is 2. The number of carbonyl (C=O) groups is 3. The average Bonchev–Trinajstić information content (AvgIpc) is 3.34. The van der Waals surface area contributed by atoms with Crippen molar-refractivity contribution in [2.24, 2.45) is 4.99 Å². The van der Waals surface area contributed by atoms with E-state index in [1.165, 1.54) is 23.3 Å². The number of urea groups is 1. The van der Waals surface area contributed by atoms with Crippen molar-refractivity contribution in [1.29, 1.82) is 0 Å². The molecule has 3 rings (SSSR count). The second kappa shape index (κ2) is 10.7. The normalized spacial score (nSPS) is 14.7. The molecule has 0 aliphatic carbocycles. The van der Waals surface area contributed by atoms with Gasteiger partial charge in [-0.15, -0.1) is 11.3 Å². The third kappa shape index (κ3) is 5.90. The molecule has 0 spiro atoms. The van der Waals surface area contributed by atoms with E-state index in [2.05, 4.69) is 15.6 Å². The number of thioether (sulfide) groups is 1. The maximum absolute atomic E-state index is 13.1. The summed E-state index contributed by atoms with van der Waals surface area (Å²) >= 11 is 8.77. The van der Waals surface area contributed by atoms with Gasteiger partial charge in [0.05, 0.1) is 23.6 Å². The van der Waals surface area contributed by atoms with Crippen LogP contribution in [0.5, 0.6) is 5.75 Å². The number of benzene rings is 1. The number of carbonyl (C=O) groups excluding carboxylic acids is 3. The Morgan fingerprint density at radius 1 is 1.34 bits per heavy atom. The molecular formula is C21H21ClN4O4S2. The first-order valence-electron chi connectivity index (χ1n) is 9.53. The van der Waals surface area contributed by atoms with Gasteiger partial charge in [-0.2, -0.15) is 0 Å². The van der Waals surface area contributed by atoms with Gasteiger partial charge in [-0.05, 0) is 49.6 Å². The van der Waals surface area contributed by atoms with Crippen molar-refractivity contribution < 1.29 is 19.1 Å². The molecule has 2 N–H and O–H groups in total. The highest BCUT2D eigenvalue weighted by Crippen LogP contribution is 2.34. The number of hydrogen-bond acceptors (Lipinski definition) is 7. The van der Waals surface area contributed by atoms with Crippen molar-refractivity contribution in [2.75, 3.05) is 17.8 Å². The van der Waals surface area contributed by atoms with Gasteiger partial charge in [-0.25, -0.2) is 9.79 Å². The Bertz CT molecular complexity index is 1080. The molecule has 168 valence electrons. The lowest BCUT2D eigenvalue weighted by atomic mass is 10.2. The molecular weight excluding hydrogens is 472 g/mol. The molecule has 8 nitrogen and oxygen atoms in total. The number of amides is 4. The lowest BCUT2D eigenvalue weighted by Crippen LogP contribution is -2.43. The van der Waals surface area contributed by atoms with E-state index < -0.39 is 11.9 Å². The largest absolute Gasteiger partial charge is 0.495 e. The zero-order chi connectivity index (χ0) is 23.3. The zero-order valence-corrected chi connectivity index (χ0v) is 19.9. The van der Waals surface area contributed by atoms with Gasteiger partial charge in [0.2, 0.25) is 5.91 Å². The van der Waals surface area contributed by atoms with Crippen LogP contribution in [-0.4, -0.2) is 41.9 Å². The maximum atomic E-state index is 13.1. The Hall–Kier alpha value is -2.82. The van der Waals surface area contributed by atoms with Crippen LogP contribution in [0.3, 0.4) is 0 Å². The molecule has 0 radical (unpaired) electrons. The average molecular weight is 493 g/mol. The predicted molar refractivity (Wildman–Crippen MR) is 129 cm³/mol. The van der Waals surface area contributed by atoms with Crippen LogP contribution in [0.15, 0.2) is 46.4 Å². The number of methoxy groups -OCH3 is 1. The minimum absolute atomic E-state index is 0.104. The SMILES string of the molecule is COc1ccc(N2C(=O)/C(=C\c3cccs3)N=C2SCC(=O)NC(=O)NC(C)C)cc1Cl. The number of rotatable bonds is 6. The van der Waals surface area contributed by atoms with Crippen molar-refractivity contribution in [3.8, 4) is 5.75 Å². The number of imide groups is 1. The van der Waals surface area contributed by atoms with Crippen LogP contribution >= 0.6 is 34.7 Å². The fraction of sp³-hybridized carbons (Fsp3) is 0.238. The Kier molecular flexibility index (Phi) is 7.94. The Balaban J connectivity index is 1.83. The quantitative estimate of drug-likeness (QED) is 0.591. The summed E-state index contributed by atoms with van der Waals surface area (Å²) in [6.45, 7) is 3.58. The smallest absolute Gasteiger partial charge is 0.321 e. The fourth-order valence-electron chi connectivity index (χ4n) is 2.71. The van der Waals surface area contributed by atoms with Crippen molar-refractivity contribution in [3.05, 3.63) is 51.3 Å². The maximum Gasteiger partial charge on any atom is 0.321 e. The van der Waals surface area contributed by atoms with Gasteiger partial charge in [0.1, 0.15) is 11.4 Å². The van der Waals surface area contributed by atoms with Gasteiger partial charge in [-0.1, -0.05) is 29.4 Å².